The van der Waals surface area contributed by atoms with Gasteiger partial charge in [-0.15, -0.1) is 0 Å². The van der Waals surface area contributed by atoms with Crippen LogP contribution in [0.2, 0.25) is 0 Å². The Morgan fingerprint density at radius 1 is 1.23 bits per heavy atom. The fourth-order valence-corrected chi connectivity index (χ4v) is 1.89. The highest BCUT2D eigenvalue weighted by Gasteiger charge is 2.32. The van der Waals surface area contributed by atoms with Crippen LogP contribution in [0.4, 0.5) is 0 Å². The molecule has 0 saturated carbocycles. The van der Waals surface area contributed by atoms with Crippen LogP contribution in [0.5, 0.6) is 0 Å². The predicted octanol–water partition coefficient (Wildman–Crippen LogP) is 1.23. The van der Waals surface area contributed by atoms with Crippen LogP contribution >= 0.6 is 0 Å². The predicted molar refractivity (Wildman–Crippen MR) is 87.0 cm³/mol. The molecule has 0 aliphatic heterocycles. The Morgan fingerprint density at radius 2 is 1.73 bits per heavy atom. The molecule has 2 unspecified atom stereocenters. The van der Waals surface area contributed by atoms with Crippen molar-refractivity contribution < 1.29 is 9.59 Å². The maximum Gasteiger partial charge on any atom is 0.238 e. The zero-order chi connectivity index (χ0) is 17.5. The van der Waals surface area contributed by atoms with E-state index in [0.29, 0.717) is 13.1 Å². The molecule has 126 valence electrons. The Balaban J connectivity index is 4.76. The first-order valence-electron chi connectivity index (χ1n) is 7.84. The van der Waals surface area contributed by atoms with Crippen molar-refractivity contribution in [2.75, 3.05) is 26.7 Å². The molecule has 0 aromatic carbocycles. The summed E-state index contributed by atoms with van der Waals surface area (Å²) >= 11 is 0. The molecule has 0 aliphatic rings. The topological polar surface area (TPSA) is 76.4 Å². The number of carbonyl (C=O) groups is 2. The van der Waals surface area contributed by atoms with Crippen LogP contribution in [0.25, 0.3) is 0 Å². The number of nitrogens with zero attached hydrogens (tertiary/aromatic N) is 3. The van der Waals surface area contributed by atoms with Gasteiger partial charge in [0.2, 0.25) is 11.8 Å². The lowest BCUT2D eigenvalue weighted by molar-refractivity contribution is -0.134. The molecule has 0 radical (unpaired) electrons. The average molecular weight is 310 g/mol. The van der Waals surface area contributed by atoms with Gasteiger partial charge >= 0.3 is 0 Å². The fraction of sp³-hybridized carbons (Fsp3) is 0.812. The van der Waals surface area contributed by atoms with Crippen molar-refractivity contribution in [3.05, 3.63) is 0 Å². The van der Waals surface area contributed by atoms with Gasteiger partial charge < -0.3 is 10.2 Å². The molecule has 0 fully saturated rings. The molecule has 0 aliphatic carbocycles. The van der Waals surface area contributed by atoms with E-state index in [4.69, 9.17) is 0 Å². The van der Waals surface area contributed by atoms with Gasteiger partial charge in [0.25, 0.3) is 0 Å². The quantitative estimate of drug-likeness (QED) is 0.731. The molecular formula is C16H30N4O2. The standard InChI is InChI=1S/C16H30N4O2/c1-8-20(9-2)14(21)10-19(7)13(5)15(22)18-16(6,11-17)12(3)4/h12-13H,8-10H2,1-7H3,(H,18,22). The van der Waals surface area contributed by atoms with Gasteiger partial charge in [-0.3, -0.25) is 14.5 Å². The van der Waals surface area contributed by atoms with Crippen LogP contribution in [0.1, 0.15) is 41.5 Å². The minimum atomic E-state index is -0.908. The molecule has 0 saturated heterocycles. The van der Waals surface area contributed by atoms with Crippen LogP contribution in [-0.2, 0) is 9.59 Å². The van der Waals surface area contributed by atoms with Crippen molar-refractivity contribution in [3.8, 4) is 6.07 Å². The van der Waals surface area contributed by atoms with Crippen molar-refractivity contribution in [1.82, 2.24) is 15.1 Å². The Hall–Kier alpha value is -1.61. The normalized spacial score (nSPS) is 15.1. The molecule has 6 heteroatoms. The molecule has 2 atom stereocenters. The SMILES string of the molecule is CCN(CC)C(=O)CN(C)C(C)C(=O)NC(C)(C#N)C(C)C. The van der Waals surface area contributed by atoms with Gasteiger partial charge in [0.15, 0.2) is 0 Å². The number of rotatable bonds is 8. The summed E-state index contributed by atoms with van der Waals surface area (Å²) in [5.41, 5.74) is -0.908. The Labute approximate surface area is 134 Å². The highest BCUT2D eigenvalue weighted by atomic mass is 16.2. The van der Waals surface area contributed by atoms with Crippen LogP contribution in [-0.4, -0.2) is 59.9 Å². The fourth-order valence-electron chi connectivity index (χ4n) is 1.89. The summed E-state index contributed by atoms with van der Waals surface area (Å²) in [5.74, 6) is -0.247. The second-order valence-corrected chi connectivity index (χ2v) is 6.12. The Kier molecular flexibility index (Phi) is 8.10. The van der Waals surface area contributed by atoms with Crippen molar-refractivity contribution in [3.63, 3.8) is 0 Å². The minimum absolute atomic E-state index is 0.000875. The summed E-state index contributed by atoms with van der Waals surface area (Å²) in [6.07, 6.45) is 0. The molecule has 2 amide bonds. The molecule has 0 aromatic rings. The third kappa shape index (κ3) is 5.30. The molecular weight excluding hydrogens is 280 g/mol. The number of carbonyl (C=O) groups excluding carboxylic acids is 2. The van der Waals surface area contributed by atoms with Crippen LogP contribution in [0.3, 0.4) is 0 Å². The van der Waals surface area contributed by atoms with Crippen LogP contribution in [0, 0.1) is 17.2 Å². The Morgan fingerprint density at radius 3 is 2.09 bits per heavy atom. The van der Waals surface area contributed by atoms with E-state index in [-0.39, 0.29) is 24.3 Å². The van der Waals surface area contributed by atoms with E-state index in [1.54, 1.807) is 30.7 Å². The zero-order valence-electron chi connectivity index (χ0n) is 14.9. The van der Waals surface area contributed by atoms with Crippen molar-refractivity contribution >= 4 is 11.8 Å². The number of nitriles is 1. The highest BCUT2D eigenvalue weighted by Crippen LogP contribution is 2.15. The first-order chi connectivity index (χ1) is 10.1. The van der Waals surface area contributed by atoms with E-state index >= 15 is 0 Å². The van der Waals surface area contributed by atoms with E-state index in [9.17, 15) is 14.9 Å². The van der Waals surface area contributed by atoms with Gasteiger partial charge in [-0.2, -0.15) is 5.26 Å². The van der Waals surface area contributed by atoms with E-state index in [2.05, 4.69) is 11.4 Å². The average Bonchev–Trinajstić information content (AvgIpc) is 2.46. The number of nitrogens with one attached hydrogen (secondary N) is 1. The highest BCUT2D eigenvalue weighted by molar-refractivity contribution is 5.84. The van der Waals surface area contributed by atoms with Gasteiger partial charge in [0.05, 0.1) is 18.7 Å². The zero-order valence-corrected chi connectivity index (χ0v) is 14.9. The van der Waals surface area contributed by atoms with Crippen molar-refractivity contribution in [1.29, 1.82) is 5.26 Å². The summed E-state index contributed by atoms with van der Waals surface area (Å²) in [7, 11) is 1.74. The van der Waals surface area contributed by atoms with E-state index in [1.807, 2.05) is 27.7 Å². The second kappa shape index (κ2) is 8.74. The molecule has 0 bridgehead atoms. The molecule has 0 rings (SSSR count). The summed E-state index contributed by atoms with van der Waals surface area (Å²) in [6, 6.07) is 1.67. The molecule has 0 aromatic heterocycles. The Bertz CT molecular complexity index is 426. The van der Waals surface area contributed by atoms with E-state index in [1.165, 1.54) is 0 Å². The minimum Gasteiger partial charge on any atom is -0.342 e. The molecule has 1 N–H and O–H groups in total. The first kappa shape index (κ1) is 20.4. The smallest absolute Gasteiger partial charge is 0.238 e. The van der Waals surface area contributed by atoms with Crippen molar-refractivity contribution in [2.24, 2.45) is 5.92 Å². The van der Waals surface area contributed by atoms with Crippen LogP contribution < -0.4 is 5.32 Å². The number of likely N-dealkylation sites (N-methyl/N-ethyl adjacent to an activating group) is 2. The van der Waals surface area contributed by atoms with E-state index < -0.39 is 11.6 Å². The maximum absolute atomic E-state index is 12.3. The lowest BCUT2D eigenvalue weighted by Crippen LogP contribution is -2.55. The number of amides is 2. The van der Waals surface area contributed by atoms with Crippen molar-refractivity contribution in [2.45, 2.75) is 53.1 Å². The first-order valence-corrected chi connectivity index (χ1v) is 7.84. The lowest BCUT2D eigenvalue weighted by atomic mass is 9.90. The third-order valence-corrected chi connectivity index (χ3v) is 4.31. The number of hydrogen-bond acceptors (Lipinski definition) is 4. The molecule has 0 spiro atoms. The summed E-state index contributed by atoms with van der Waals surface area (Å²) in [5, 5.41) is 12.1. The van der Waals surface area contributed by atoms with Gasteiger partial charge in [0.1, 0.15) is 5.54 Å². The lowest BCUT2D eigenvalue weighted by Gasteiger charge is -2.32. The maximum atomic E-state index is 12.3. The van der Waals surface area contributed by atoms with Gasteiger partial charge in [-0.25, -0.2) is 0 Å². The molecule has 6 nitrogen and oxygen atoms in total. The van der Waals surface area contributed by atoms with Crippen LogP contribution in [0.15, 0.2) is 0 Å². The second-order valence-electron chi connectivity index (χ2n) is 6.12. The van der Waals surface area contributed by atoms with E-state index in [0.717, 1.165) is 0 Å². The molecule has 22 heavy (non-hydrogen) atoms. The molecule has 0 heterocycles. The summed E-state index contributed by atoms with van der Waals surface area (Å²) in [6.45, 7) is 12.6. The summed E-state index contributed by atoms with van der Waals surface area (Å²) in [4.78, 5) is 27.9. The number of hydrogen-bond donors (Lipinski definition) is 1. The largest absolute Gasteiger partial charge is 0.342 e. The third-order valence-electron chi connectivity index (χ3n) is 4.31. The van der Waals surface area contributed by atoms with Gasteiger partial charge in [-0.1, -0.05) is 13.8 Å². The summed E-state index contributed by atoms with van der Waals surface area (Å²) < 4.78 is 0. The van der Waals surface area contributed by atoms with Gasteiger partial charge in [0, 0.05) is 13.1 Å². The monoisotopic (exact) mass is 310 g/mol. The van der Waals surface area contributed by atoms with Gasteiger partial charge in [-0.05, 0) is 40.7 Å².